The molecule has 1 nitrogen and oxygen atoms in total. The first-order valence-corrected chi connectivity index (χ1v) is 6.62. The van der Waals surface area contributed by atoms with E-state index in [9.17, 15) is 4.39 Å². The van der Waals surface area contributed by atoms with Gasteiger partial charge in [0.1, 0.15) is 18.2 Å². The highest BCUT2D eigenvalue weighted by molar-refractivity contribution is 9.10. The molecule has 0 saturated carbocycles. The van der Waals surface area contributed by atoms with Crippen molar-refractivity contribution in [2.75, 3.05) is 0 Å². The van der Waals surface area contributed by atoms with Gasteiger partial charge in [-0.3, -0.25) is 0 Å². The van der Waals surface area contributed by atoms with E-state index in [-0.39, 0.29) is 12.4 Å². The van der Waals surface area contributed by atoms with Crippen LogP contribution in [0.4, 0.5) is 4.39 Å². The number of rotatable bonds is 3. The molecule has 94 valence electrons. The van der Waals surface area contributed by atoms with Crippen LogP contribution in [0.3, 0.4) is 0 Å². The highest BCUT2D eigenvalue weighted by Crippen LogP contribution is 2.28. The van der Waals surface area contributed by atoms with Crippen LogP contribution in [0.1, 0.15) is 5.56 Å². The lowest BCUT2D eigenvalue weighted by molar-refractivity contribution is 0.305. The molecular weight excluding hydrogens is 342 g/mol. The third-order valence-electron chi connectivity index (χ3n) is 2.21. The summed E-state index contributed by atoms with van der Waals surface area (Å²) in [6.07, 6.45) is 0. The first-order chi connectivity index (χ1) is 8.54. The predicted octanol–water partition coefficient (Wildman–Crippen LogP) is 5.47. The topological polar surface area (TPSA) is 9.23 Å². The summed E-state index contributed by atoms with van der Waals surface area (Å²) < 4.78 is 19.3. The molecule has 0 unspecified atom stereocenters. The maximum atomic E-state index is 13.2. The quantitative estimate of drug-likeness (QED) is 0.713. The third-order valence-corrected chi connectivity index (χ3v) is 3.20. The maximum absolute atomic E-state index is 13.2. The van der Waals surface area contributed by atoms with Gasteiger partial charge in [0, 0.05) is 9.50 Å². The first kappa shape index (κ1) is 13.7. The highest BCUT2D eigenvalue weighted by Gasteiger charge is 2.04. The zero-order valence-electron chi connectivity index (χ0n) is 9.09. The minimum Gasteiger partial charge on any atom is -0.487 e. The van der Waals surface area contributed by atoms with Crippen LogP contribution in [0.15, 0.2) is 40.9 Å². The molecule has 0 bridgehead atoms. The molecule has 0 heterocycles. The Morgan fingerprint density at radius 3 is 2.56 bits per heavy atom. The van der Waals surface area contributed by atoms with Crippen molar-refractivity contribution in [1.82, 2.24) is 0 Å². The van der Waals surface area contributed by atoms with Crippen molar-refractivity contribution < 1.29 is 9.13 Å². The fraction of sp³-hybridized carbons (Fsp3) is 0.0769. The van der Waals surface area contributed by atoms with E-state index in [0.717, 1.165) is 0 Å². The molecule has 18 heavy (non-hydrogen) atoms. The molecule has 0 aromatic heterocycles. The fourth-order valence-corrected chi connectivity index (χ4v) is 2.42. The van der Waals surface area contributed by atoms with E-state index in [0.29, 0.717) is 25.8 Å². The smallest absolute Gasteiger partial charge is 0.138 e. The molecule has 0 radical (unpaired) electrons. The second-order valence-corrected chi connectivity index (χ2v) is 5.40. The Bertz CT molecular complexity index is 555. The van der Waals surface area contributed by atoms with Gasteiger partial charge in [-0.2, -0.15) is 0 Å². The van der Waals surface area contributed by atoms with E-state index in [1.54, 1.807) is 24.3 Å². The standard InChI is InChI=1S/C13H8BrCl2FO/c14-9-3-8(4-11(17)5-9)7-18-13-2-1-10(15)6-12(13)16/h1-6H,7H2. The molecule has 0 fully saturated rings. The normalized spacial score (nSPS) is 10.4. The van der Waals surface area contributed by atoms with Gasteiger partial charge < -0.3 is 4.74 Å². The van der Waals surface area contributed by atoms with Gasteiger partial charge in [-0.25, -0.2) is 4.39 Å². The van der Waals surface area contributed by atoms with Crippen molar-refractivity contribution >= 4 is 39.1 Å². The van der Waals surface area contributed by atoms with Gasteiger partial charge in [0.15, 0.2) is 0 Å². The van der Waals surface area contributed by atoms with Gasteiger partial charge in [-0.15, -0.1) is 0 Å². The molecule has 0 amide bonds. The molecule has 0 spiro atoms. The zero-order valence-corrected chi connectivity index (χ0v) is 12.2. The summed E-state index contributed by atoms with van der Waals surface area (Å²) in [4.78, 5) is 0. The van der Waals surface area contributed by atoms with Crippen LogP contribution in [0.5, 0.6) is 5.75 Å². The van der Waals surface area contributed by atoms with Crippen LogP contribution >= 0.6 is 39.1 Å². The Morgan fingerprint density at radius 1 is 1.11 bits per heavy atom. The summed E-state index contributed by atoms with van der Waals surface area (Å²) >= 11 is 15.0. The van der Waals surface area contributed by atoms with Crippen molar-refractivity contribution in [3.8, 4) is 5.75 Å². The summed E-state index contributed by atoms with van der Waals surface area (Å²) in [6, 6.07) is 9.55. The third kappa shape index (κ3) is 3.61. The maximum Gasteiger partial charge on any atom is 0.138 e. The van der Waals surface area contributed by atoms with E-state index >= 15 is 0 Å². The Kier molecular flexibility index (Phi) is 4.49. The van der Waals surface area contributed by atoms with E-state index in [4.69, 9.17) is 27.9 Å². The molecule has 0 aliphatic carbocycles. The van der Waals surface area contributed by atoms with Crippen LogP contribution in [0.2, 0.25) is 10.0 Å². The Balaban J connectivity index is 2.11. The lowest BCUT2D eigenvalue weighted by Gasteiger charge is -2.08. The molecule has 0 N–H and O–H groups in total. The molecule has 0 atom stereocenters. The van der Waals surface area contributed by atoms with Crippen LogP contribution < -0.4 is 4.74 Å². The number of hydrogen-bond donors (Lipinski definition) is 0. The lowest BCUT2D eigenvalue weighted by atomic mass is 10.2. The molecule has 0 aliphatic rings. The Hall–Kier alpha value is -0.770. The Morgan fingerprint density at radius 2 is 1.89 bits per heavy atom. The molecule has 0 aliphatic heterocycles. The summed E-state index contributed by atoms with van der Waals surface area (Å²) in [7, 11) is 0. The van der Waals surface area contributed by atoms with Gasteiger partial charge in [-0.1, -0.05) is 39.1 Å². The molecular formula is C13H8BrCl2FO. The fourth-order valence-electron chi connectivity index (χ4n) is 1.45. The largest absolute Gasteiger partial charge is 0.487 e. The molecule has 5 heteroatoms. The van der Waals surface area contributed by atoms with Crippen molar-refractivity contribution in [2.45, 2.75) is 6.61 Å². The monoisotopic (exact) mass is 348 g/mol. The van der Waals surface area contributed by atoms with Crippen LogP contribution in [-0.4, -0.2) is 0 Å². The molecule has 2 aromatic carbocycles. The van der Waals surface area contributed by atoms with E-state index in [1.807, 2.05) is 0 Å². The second-order valence-electron chi connectivity index (χ2n) is 3.64. The minimum atomic E-state index is -0.315. The lowest BCUT2D eigenvalue weighted by Crippen LogP contribution is -1.96. The van der Waals surface area contributed by atoms with Crippen molar-refractivity contribution in [3.63, 3.8) is 0 Å². The van der Waals surface area contributed by atoms with E-state index in [1.165, 1.54) is 12.1 Å². The first-order valence-electron chi connectivity index (χ1n) is 5.07. The van der Waals surface area contributed by atoms with Gasteiger partial charge >= 0.3 is 0 Å². The van der Waals surface area contributed by atoms with Crippen molar-refractivity contribution in [3.05, 3.63) is 62.3 Å². The number of hydrogen-bond acceptors (Lipinski definition) is 1. The average molecular weight is 350 g/mol. The SMILES string of the molecule is Fc1cc(Br)cc(COc2ccc(Cl)cc2Cl)c1. The summed E-state index contributed by atoms with van der Waals surface area (Å²) in [6.45, 7) is 0.234. The van der Waals surface area contributed by atoms with Crippen LogP contribution in [0, 0.1) is 5.82 Å². The van der Waals surface area contributed by atoms with Crippen LogP contribution in [-0.2, 0) is 6.61 Å². The van der Waals surface area contributed by atoms with Gasteiger partial charge in [0.2, 0.25) is 0 Å². The molecule has 2 aromatic rings. The van der Waals surface area contributed by atoms with Gasteiger partial charge in [-0.05, 0) is 42.0 Å². The summed E-state index contributed by atoms with van der Waals surface area (Å²) in [5.74, 6) is 0.201. The predicted molar refractivity (Wildman–Crippen MR) is 74.9 cm³/mol. The molecule has 0 saturated heterocycles. The van der Waals surface area contributed by atoms with Gasteiger partial charge in [0.05, 0.1) is 5.02 Å². The Labute approximate surface area is 123 Å². The van der Waals surface area contributed by atoms with Gasteiger partial charge in [0.25, 0.3) is 0 Å². The van der Waals surface area contributed by atoms with Crippen molar-refractivity contribution in [1.29, 1.82) is 0 Å². The summed E-state index contributed by atoms with van der Waals surface area (Å²) in [5, 5.41) is 0.971. The average Bonchev–Trinajstić information content (AvgIpc) is 2.26. The summed E-state index contributed by atoms with van der Waals surface area (Å²) in [5.41, 5.74) is 0.716. The van der Waals surface area contributed by atoms with E-state index < -0.39 is 0 Å². The highest BCUT2D eigenvalue weighted by atomic mass is 79.9. The number of benzene rings is 2. The van der Waals surface area contributed by atoms with Crippen molar-refractivity contribution in [2.24, 2.45) is 0 Å². The zero-order chi connectivity index (χ0) is 13.1. The van der Waals surface area contributed by atoms with Crippen LogP contribution in [0.25, 0.3) is 0 Å². The van der Waals surface area contributed by atoms with E-state index in [2.05, 4.69) is 15.9 Å². The second kappa shape index (κ2) is 5.91. The number of ether oxygens (including phenoxy) is 1. The minimum absolute atomic E-state index is 0.234. The number of halogens is 4. The molecule has 2 rings (SSSR count).